The Bertz CT molecular complexity index is 547. The highest BCUT2D eigenvalue weighted by atomic mass is 16.1. The van der Waals surface area contributed by atoms with Crippen LogP contribution in [-0.4, -0.2) is 16.1 Å². The zero-order valence-electron chi connectivity index (χ0n) is 10.2. The summed E-state index contributed by atoms with van der Waals surface area (Å²) < 4.78 is 0. The van der Waals surface area contributed by atoms with Gasteiger partial charge in [-0.05, 0) is 24.1 Å². The van der Waals surface area contributed by atoms with Crippen LogP contribution >= 0.6 is 0 Å². The summed E-state index contributed by atoms with van der Waals surface area (Å²) in [5.41, 5.74) is 8.04. The maximum Gasteiger partial charge on any atom is 0.256 e. The van der Waals surface area contributed by atoms with Crippen LogP contribution in [0.5, 0.6) is 0 Å². The van der Waals surface area contributed by atoms with Gasteiger partial charge in [0.15, 0.2) is 5.82 Å². The molecule has 5 heteroatoms. The Kier molecular flexibility index (Phi) is 3.74. The second-order valence-electron chi connectivity index (χ2n) is 3.99. The first-order valence-corrected chi connectivity index (χ1v) is 5.87. The number of aryl methyl sites for hydroxylation is 1. The standard InChI is InChI=1S/C13H16N4O/c1-2-11-7-12(17-16-11)15-13(18)10-5-3-4-9(6-10)8-14/h3-7H,2,8,14H2,1H3,(H2,15,16,17,18). The van der Waals surface area contributed by atoms with Crippen LogP contribution < -0.4 is 11.1 Å². The first kappa shape index (κ1) is 12.3. The van der Waals surface area contributed by atoms with E-state index in [1.807, 2.05) is 25.1 Å². The number of benzene rings is 1. The predicted molar refractivity (Wildman–Crippen MR) is 70.3 cm³/mol. The van der Waals surface area contributed by atoms with Crippen molar-refractivity contribution in [3.05, 3.63) is 47.2 Å². The normalized spacial score (nSPS) is 10.3. The molecule has 0 unspecified atom stereocenters. The molecule has 0 fully saturated rings. The van der Waals surface area contributed by atoms with E-state index >= 15 is 0 Å². The SMILES string of the molecule is CCc1cc(NC(=O)c2cccc(CN)c2)n[nH]1. The number of nitrogens with two attached hydrogens (primary N) is 1. The number of H-pyrrole nitrogens is 1. The van der Waals surface area contributed by atoms with Crippen LogP contribution in [0.2, 0.25) is 0 Å². The Labute approximate surface area is 105 Å². The lowest BCUT2D eigenvalue weighted by molar-refractivity contribution is 0.102. The molecule has 5 nitrogen and oxygen atoms in total. The number of hydrogen-bond donors (Lipinski definition) is 3. The second kappa shape index (κ2) is 5.46. The number of anilines is 1. The van der Waals surface area contributed by atoms with Gasteiger partial charge in [-0.25, -0.2) is 0 Å². The van der Waals surface area contributed by atoms with E-state index in [-0.39, 0.29) is 5.91 Å². The third kappa shape index (κ3) is 2.75. The molecule has 0 saturated carbocycles. The lowest BCUT2D eigenvalue weighted by Crippen LogP contribution is -2.12. The third-order valence-electron chi connectivity index (χ3n) is 2.68. The number of amides is 1. The van der Waals surface area contributed by atoms with Crippen LogP contribution in [0.25, 0.3) is 0 Å². The first-order valence-electron chi connectivity index (χ1n) is 5.87. The summed E-state index contributed by atoms with van der Waals surface area (Å²) >= 11 is 0. The maximum atomic E-state index is 12.0. The van der Waals surface area contributed by atoms with Gasteiger partial charge in [-0.2, -0.15) is 5.10 Å². The average Bonchev–Trinajstić information content (AvgIpc) is 2.86. The zero-order valence-corrected chi connectivity index (χ0v) is 10.2. The summed E-state index contributed by atoms with van der Waals surface area (Å²) in [5, 5.41) is 9.61. The molecule has 0 bridgehead atoms. The number of rotatable bonds is 4. The molecule has 4 N–H and O–H groups in total. The van der Waals surface area contributed by atoms with E-state index in [2.05, 4.69) is 15.5 Å². The van der Waals surface area contributed by atoms with Crippen LogP contribution in [0.4, 0.5) is 5.82 Å². The van der Waals surface area contributed by atoms with Crippen molar-refractivity contribution in [2.24, 2.45) is 5.73 Å². The molecular formula is C13H16N4O. The fourth-order valence-corrected chi connectivity index (χ4v) is 1.63. The van der Waals surface area contributed by atoms with E-state index in [9.17, 15) is 4.79 Å². The molecule has 0 saturated heterocycles. The molecule has 1 amide bonds. The zero-order chi connectivity index (χ0) is 13.0. The number of nitrogens with one attached hydrogen (secondary N) is 2. The third-order valence-corrected chi connectivity index (χ3v) is 2.68. The Hall–Kier alpha value is -2.14. The van der Waals surface area contributed by atoms with Crippen LogP contribution in [0.1, 0.15) is 28.5 Å². The Balaban J connectivity index is 2.11. The van der Waals surface area contributed by atoms with E-state index < -0.39 is 0 Å². The number of carbonyl (C=O) groups is 1. The Morgan fingerprint density at radius 3 is 2.94 bits per heavy atom. The van der Waals surface area contributed by atoms with Gasteiger partial charge in [0.1, 0.15) is 0 Å². The first-order chi connectivity index (χ1) is 8.72. The Morgan fingerprint density at radius 2 is 2.28 bits per heavy atom. The molecule has 1 aromatic heterocycles. The van der Waals surface area contributed by atoms with Crippen molar-refractivity contribution in [1.29, 1.82) is 0 Å². The molecule has 0 aliphatic rings. The number of hydrogen-bond acceptors (Lipinski definition) is 3. The van der Waals surface area contributed by atoms with Gasteiger partial charge in [0.2, 0.25) is 0 Å². The monoisotopic (exact) mass is 244 g/mol. The van der Waals surface area contributed by atoms with E-state index in [4.69, 9.17) is 5.73 Å². The number of aromatic nitrogens is 2. The molecule has 0 atom stereocenters. The smallest absolute Gasteiger partial charge is 0.256 e. The van der Waals surface area contributed by atoms with Crippen LogP contribution in [-0.2, 0) is 13.0 Å². The largest absolute Gasteiger partial charge is 0.326 e. The highest BCUT2D eigenvalue weighted by Gasteiger charge is 2.08. The van der Waals surface area contributed by atoms with Gasteiger partial charge in [0, 0.05) is 23.9 Å². The van der Waals surface area contributed by atoms with Gasteiger partial charge in [-0.3, -0.25) is 9.89 Å². The predicted octanol–water partition coefficient (Wildman–Crippen LogP) is 1.68. The summed E-state index contributed by atoms with van der Waals surface area (Å²) in [4.78, 5) is 12.0. The van der Waals surface area contributed by atoms with Gasteiger partial charge in [0.25, 0.3) is 5.91 Å². The summed E-state index contributed by atoms with van der Waals surface area (Å²) in [5.74, 6) is 0.356. The number of carbonyl (C=O) groups excluding carboxylic acids is 1. The van der Waals surface area contributed by atoms with Gasteiger partial charge in [-0.15, -0.1) is 0 Å². The molecule has 18 heavy (non-hydrogen) atoms. The molecule has 94 valence electrons. The molecule has 1 heterocycles. The van der Waals surface area contributed by atoms with E-state index in [0.717, 1.165) is 17.7 Å². The molecule has 0 aliphatic heterocycles. The van der Waals surface area contributed by atoms with Gasteiger partial charge < -0.3 is 11.1 Å². The van der Waals surface area contributed by atoms with Crippen LogP contribution in [0, 0.1) is 0 Å². The van der Waals surface area contributed by atoms with Crippen molar-refractivity contribution >= 4 is 11.7 Å². The molecule has 2 rings (SSSR count). The average molecular weight is 244 g/mol. The molecule has 0 aliphatic carbocycles. The summed E-state index contributed by atoms with van der Waals surface area (Å²) in [6, 6.07) is 9.06. The molecule has 0 spiro atoms. The van der Waals surface area contributed by atoms with Crippen molar-refractivity contribution in [1.82, 2.24) is 10.2 Å². The fourth-order valence-electron chi connectivity index (χ4n) is 1.63. The summed E-state index contributed by atoms with van der Waals surface area (Å²) in [7, 11) is 0. The quantitative estimate of drug-likeness (QED) is 0.765. The minimum absolute atomic E-state index is 0.181. The highest BCUT2D eigenvalue weighted by molar-refractivity contribution is 6.03. The highest BCUT2D eigenvalue weighted by Crippen LogP contribution is 2.10. The molecule has 0 radical (unpaired) electrons. The van der Waals surface area contributed by atoms with Gasteiger partial charge >= 0.3 is 0 Å². The molecule has 1 aromatic carbocycles. The van der Waals surface area contributed by atoms with Gasteiger partial charge in [0.05, 0.1) is 0 Å². The van der Waals surface area contributed by atoms with Crippen molar-refractivity contribution in [2.45, 2.75) is 19.9 Å². The summed E-state index contributed by atoms with van der Waals surface area (Å²) in [6.45, 7) is 2.44. The number of nitrogens with zero attached hydrogens (tertiary/aromatic N) is 1. The van der Waals surface area contributed by atoms with Crippen molar-refractivity contribution < 1.29 is 4.79 Å². The topological polar surface area (TPSA) is 83.8 Å². The van der Waals surface area contributed by atoms with E-state index in [1.54, 1.807) is 12.1 Å². The van der Waals surface area contributed by atoms with Gasteiger partial charge in [-0.1, -0.05) is 19.1 Å². The van der Waals surface area contributed by atoms with E-state index in [0.29, 0.717) is 17.9 Å². The van der Waals surface area contributed by atoms with Crippen molar-refractivity contribution in [3.63, 3.8) is 0 Å². The minimum Gasteiger partial charge on any atom is -0.326 e. The maximum absolute atomic E-state index is 12.0. The van der Waals surface area contributed by atoms with Crippen molar-refractivity contribution in [2.75, 3.05) is 5.32 Å². The fraction of sp³-hybridized carbons (Fsp3) is 0.231. The summed E-state index contributed by atoms with van der Waals surface area (Å²) in [6.07, 6.45) is 0.853. The number of aromatic amines is 1. The van der Waals surface area contributed by atoms with Crippen molar-refractivity contribution in [3.8, 4) is 0 Å². The van der Waals surface area contributed by atoms with Crippen LogP contribution in [0.15, 0.2) is 30.3 Å². The van der Waals surface area contributed by atoms with Crippen LogP contribution in [0.3, 0.4) is 0 Å². The minimum atomic E-state index is -0.181. The molecular weight excluding hydrogens is 228 g/mol. The van der Waals surface area contributed by atoms with E-state index in [1.165, 1.54) is 0 Å². The lowest BCUT2D eigenvalue weighted by Gasteiger charge is -2.03. The second-order valence-corrected chi connectivity index (χ2v) is 3.99. The Morgan fingerprint density at radius 1 is 1.44 bits per heavy atom. The molecule has 2 aromatic rings. The lowest BCUT2D eigenvalue weighted by atomic mass is 10.1.